The van der Waals surface area contributed by atoms with Crippen molar-refractivity contribution in [1.82, 2.24) is 24.6 Å². The zero-order chi connectivity index (χ0) is 20.7. The molecule has 0 bridgehead atoms. The van der Waals surface area contributed by atoms with Gasteiger partial charge in [-0.25, -0.2) is 19.5 Å². The first-order valence-electron chi connectivity index (χ1n) is 9.58. The van der Waals surface area contributed by atoms with Gasteiger partial charge in [0.25, 0.3) is 0 Å². The summed E-state index contributed by atoms with van der Waals surface area (Å²) in [4.78, 5) is 15.6. The zero-order valence-corrected chi connectivity index (χ0v) is 16.7. The molecule has 3 aromatic heterocycles. The fourth-order valence-corrected chi connectivity index (χ4v) is 3.89. The van der Waals surface area contributed by atoms with Crippen molar-refractivity contribution in [2.75, 3.05) is 31.4 Å². The molecule has 0 radical (unpaired) electrons. The van der Waals surface area contributed by atoms with Gasteiger partial charge in [-0.15, -0.1) is 5.10 Å². The van der Waals surface area contributed by atoms with E-state index >= 15 is 0 Å². The van der Waals surface area contributed by atoms with E-state index in [4.69, 9.17) is 15.2 Å². The van der Waals surface area contributed by atoms with Crippen LogP contribution in [0.3, 0.4) is 0 Å². The van der Waals surface area contributed by atoms with Crippen molar-refractivity contribution >= 4 is 17.3 Å². The number of nitrogen functional groups attached to an aromatic ring is 1. The molecule has 1 aliphatic rings. The monoisotopic (exact) mass is 403 g/mol. The highest BCUT2D eigenvalue weighted by Gasteiger charge is 2.22. The van der Waals surface area contributed by atoms with E-state index in [1.54, 1.807) is 31.3 Å². The van der Waals surface area contributed by atoms with Gasteiger partial charge in [0.05, 0.1) is 25.5 Å². The Hall–Kier alpha value is -3.88. The lowest BCUT2D eigenvalue weighted by Crippen LogP contribution is -2.31. The van der Waals surface area contributed by atoms with E-state index < -0.39 is 0 Å². The van der Waals surface area contributed by atoms with Gasteiger partial charge in [-0.3, -0.25) is 0 Å². The molecule has 9 heteroatoms. The fourth-order valence-electron chi connectivity index (χ4n) is 3.89. The molecular weight excluding hydrogens is 382 g/mol. The van der Waals surface area contributed by atoms with Gasteiger partial charge in [0, 0.05) is 31.5 Å². The van der Waals surface area contributed by atoms with Gasteiger partial charge in [-0.1, -0.05) is 0 Å². The molecule has 5 rings (SSSR count). The lowest BCUT2D eigenvalue weighted by Gasteiger charge is -2.30. The molecule has 1 aliphatic heterocycles. The molecule has 152 valence electrons. The summed E-state index contributed by atoms with van der Waals surface area (Å²) >= 11 is 0. The van der Waals surface area contributed by atoms with Crippen LogP contribution in [-0.2, 0) is 13.0 Å². The Morgan fingerprint density at radius 1 is 1.00 bits per heavy atom. The smallest absolute Gasteiger partial charge is 0.166 e. The second kappa shape index (κ2) is 7.18. The third-order valence-corrected chi connectivity index (χ3v) is 5.37. The first-order chi connectivity index (χ1) is 14.7. The van der Waals surface area contributed by atoms with Gasteiger partial charge in [0.1, 0.15) is 12.1 Å². The predicted molar refractivity (Wildman–Crippen MR) is 113 cm³/mol. The van der Waals surface area contributed by atoms with Crippen molar-refractivity contribution in [3.63, 3.8) is 0 Å². The number of hydrogen-bond acceptors (Lipinski definition) is 8. The zero-order valence-electron chi connectivity index (χ0n) is 16.7. The van der Waals surface area contributed by atoms with Crippen LogP contribution in [0.2, 0.25) is 0 Å². The molecule has 0 unspecified atom stereocenters. The van der Waals surface area contributed by atoms with E-state index in [0.29, 0.717) is 29.3 Å². The molecule has 0 spiro atoms. The number of methoxy groups -OCH3 is 2. The minimum absolute atomic E-state index is 0.388. The standard InChI is InChI=1S/C21H21N7O2/c1-29-16-8-13-4-7-27(11-14(13)9-17(16)30-2)18-10-15(24-12-25-18)19-20(22)26-28-6-3-5-23-21(19)28/h3,5-6,8-10,12H,4,7,11H2,1-2H3,(H2,22,26). The Balaban J connectivity index is 1.50. The first-order valence-corrected chi connectivity index (χ1v) is 9.58. The molecule has 2 N–H and O–H groups in total. The summed E-state index contributed by atoms with van der Waals surface area (Å²) in [6.07, 6.45) is 5.97. The van der Waals surface area contributed by atoms with Crippen LogP contribution in [0.5, 0.6) is 11.5 Å². The van der Waals surface area contributed by atoms with Crippen LogP contribution in [0.25, 0.3) is 16.9 Å². The van der Waals surface area contributed by atoms with Gasteiger partial charge in [-0.05, 0) is 35.7 Å². The Bertz CT molecular complexity index is 1240. The van der Waals surface area contributed by atoms with Gasteiger partial charge in [-0.2, -0.15) is 0 Å². The molecule has 30 heavy (non-hydrogen) atoms. The number of benzene rings is 1. The number of ether oxygens (including phenoxy) is 2. The lowest BCUT2D eigenvalue weighted by molar-refractivity contribution is 0.353. The third kappa shape index (κ3) is 2.95. The van der Waals surface area contributed by atoms with E-state index in [1.165, 1.54) is 11.1 Å². The van der Waals surface area contributed by atoms with E-state index in [2.05, 4.69) is 31.0 Å². The maximum atomic E-state index is 6.16. The molecule has 0 aliphatic carbocycles. The van der Waals surface area contributed by atoms with Gasteiger partial charge in [0.2, 0.25) is 0 Å². The minimum atomic E-state index is 0.388. The van der Waals surface area contributed by atoms with Crippen molar-refractivity contribution in [2.24, 2.45) is 0 Å². The van der Waals surface area contributed by atoms with Gasteiger partial charge >= 0.3 is 0 Å². The Morgan fingerprint density at radius 3 is 2.60 bits per heavy atom. The number of aromatic nitrogens is 5. The van der Waals surface area contributed by atoms with E-state index in [9.17, 15) is 0 Å². The summed E-state index contributed by atoms with van der Waals surface area (Å²) < 4.78 is 12.6. The number of anilines is 2. The molecular formula is C21H21N7O2. The van der Waals surface area contributed by atoms with Crippen LogP contribution in [0.4, 0.5) is 11.6 Å². The van der Waals surface area contributed by atoms with Gasteiger partial charge < -0.3 is 20.1 Å². The second-order valence-corrected chi connectivity index (χ2v) is 7.06. The summed E-state index contributed by atoms with van der Waals surface area (Å²) in [6, 6.07) is 7.84. The predicted octanol–water partition coefficient (Wildman–Crippen LogP) is 2.35. The highest BCUT2D eigenvalue weighted by molar-refractivity contribution is 5.84. The van der Waals surface area contributed by atoms with Crippen molar-refractivity contribution < 1.29 is 9.47 Å². The van der Waals surface area contributed by atoms with Crippen molar-refractivity contribution in [3.8, 4) is 22.8 Å². The summed E-state index contributed by atoms with van der Waals surface area (Å²) in [7, 11) is 3.30. The minimum Gasteiger partial charge on any atom is -0.493 e. The summed E-state index contributed by atoms with van der Waals surface area (Å²) in [6.45, 7) is 1.55. The van der Waals surface area contributed by atoms with Crippen LogP contribution >= 0.6 is 0 Å². The summed E-state index contributed by atoms with van der Waals surface area (Å²) in [5, 5.41) is 4.33. The highest BCUT2D eigenvalue weighted by Crippen LogP contribution is 2.35. The quantitative estimate of drug-likeness (QED) is 0.554. The Morgan fingerprint density at radius 2 is 1.80 bits per heavy atom. The van der Waals surface area contributed by atoms with Crippen molar-refractivity contribution in [2.45, 2.75) is 13.0 Å². The maximum absolute atomic E-state index is 6.16. The van der Waals surface area contributed by atoms with Gasteiger partial charge in [0.15, 0.2) is 23.0 Å². The van der Waals surface area contributed by atoms with Crippen LogP contribution < -0.4 is 20.1 Å². The average molecular weight is 403 g/mol. The lowest BCUT2D eigenvalue weighted by atomic mass is 9.98. The van der Waals surface area contributed by atoms with Crippen LogP contribution in [0, 0.1) is 0 Å². The molecule has 0 fully saturated rings. The molecule has 9 nitrogen and oxygen atoms in total. The van der Waals surface area contributed by atoms with E-state index in [0.717, 1.165) is 30.3 Å². The largest absolute Gasteiger partial charge is 0.493 e. The number of rotatable bonds is 4. The number of hydrogen-bond donors (Lipinski definition) is 1. The Kier molecular flexibility index (Phi) is 4.35. The molecule has 4 heterocycles. The molecule has 1 aromatic carbocycles. The van der Waals surface area contributed by atoms with Crippen LogP contribution in [0.15, 0.2) is 43.0 Å². The fraction of sp³-hybridized carbons (Fsp3) is 0.238. The number of fused-ring (bicyclic) bond motifs is 2. The Labute approximate surface area is 173 Å². The van der Waals surface area contributed by atoms with Crippen LogP contribution in [0.1, 0.15) is 11.1 Å². The third-order valence-electron chi connectivity index (χ3n) is 5.37. The molecule has 0 atom stereocenters. The molecule has 0 amide bonds. The molecule has 4 aromatic rings. The second-order valence-electron chi connectivity index (χ2n) is 7.06. The SMILES string of the molecule is COc1cc2c(cc1OC)CN(c1cc(-c3c(N)nn4cccnc34)ncn1)CC2. The van der Waals surface area contributed by atoms with E-state index in [1.807, 2.05) is 24.4 Å². The normalized spacial score (nSPS) is 13.3. The highest BCUT2D eigenvalue weighted by atomic mass is 16.5. The first kappa shape index (κ1) is 18.2. The molecule has 0 saturated heterocycles. The number of nitrogens with zero attached hydrogens (tertiary/aromatic N) is 6. The molecule has 0 saturated carbocycles. The topological polar surface area (TPSA) is 104 Å². The van der Waals surface area contributed by atoms with Crippen molar-refractivity contribution in [3.05, 3.63) is 54.1 Å². The van der Waals surface area contributed by atoms with Crippen molar-refractivity contribution in [1.29, 1.82) is 0 Å². The number of nitrogens with two attached hydrogens (primary N) is 1. The summed E-state index contributed by atoms with van der Waals surface area (Å²) in [5.74, 6) is 2.70. The van der Waals surface area contributed by atoms with E-state index in [-0.39, 0.29) is 0 Å². The van der Waals surface area contributed by atoms with Crippen LogP contribution in [-0.4, -0.2) is 45.3 Å². The average Bonchev–Trinajstić information content (AvgIpc) is 3.13. The maximum Gasteiger partial charge on any atom is 0.166 e. The summed E-state index contributed by atoms with van der Waals surface area (Å²) in [5.41, 5.74) is 10.7.